The summed E-state index contributed by atoms with van der Waals surface area (Å²) in [5.41, 5.74) is 2.12. The molecule has 0 aromatic heterocycles. The number of halogens is 2. The normalized spacial score (nSPS) is 10.0. The van der Waals surface area contributed by atoms with E-state index < -0.39 is 0 Å². The van der Waals surface area contributed by atoms with Gasteiger partial charge in [0.05, 0.1) is 19.2 Å². The summed E-state index contributed by atoms with van der Waals surface area (Å²) < 4.78 is 6.52. The third kappa shape index (κ3) is 3.79. The van der Waals surface area contributed by atoms with E-state index in [4.69, 9.17) is 0 Å². The summed E-state index contributed by atoms with van der Waals surface area (Å²) in [7, 11) is 1.39. The summed E-state index contributed by atoms with van der Waals surface area (Å²) in [4.78, 5) is 10.9. The number of nitrogens with one attached hydrogen (secondary N) is 1. The van der Waals surface area contributed by atoms with Crippen LogP contribution in [0.5, 0.6) is 0 Å². The molecule has 3 nitrogen and oxygen atoms in total. The van der Waals surface area contributed by atoms with Crippen LogP contribution < -0.4 is 5.32 Å². The van der Waals surface area contributed by atoms with Gasteiger partial charge in [-0.05, 0) is 56.5 Å². The van der Waals surface area contributed by atoms with Crippen LogP contribution >= 0.6 is 31.9 Å². The van der Waals surface area contributed by atoms with E-state index in [0.717, 1.165) is 20.2 Å². The zero-order valence-electron chi connectivity index (χ0n) is 9.14. The third-order valence-electron chi connectivity index (χ3n) is 2.05. The number of hydrogen-bond donors (Lipinski definition) is 1. The number of esters is 1. The number of carbonyl (C=O) groups is 1. The minimum Gasteiger partial charge on any atom is -0.469 e. The topological polar surface area (TPSA) is 38.3 Å². The molecule has 0 radical (unpaired) electrons. The van der Waals surface area contributed by atoms with Crippen molar-refractivity contribution >= 4 is 43.5 Å². The molecule has 0 fully saturated rings. The van der Waals surface area contributed by atoms with Crippen LogP contribution in [0.1, 0.15) is 12.0 Å². The van der Waals surface area contributed by atoms with Gasteiger partial charge >= 0.3 is 5.97 Å². The van der Waals surface area contributed by atoms with Gasteiger partial charge in [-0.1, -0.05) is 0 Å². The Morgan fingerprint density at radius 3 is 2.44 bits per heavy atom. The molecule has 16 heavy (non-hydrogen) atoms. The summed E-state index contributed by atoms with van der Waals surface area (Å²) in [6, 6.07) is 4.04. The number of methoxy groups -OCH3 is 1. The molecule has 0 aliphatic carbocycles. The van der Waals surface area contributed by atoms with E-state index >= 15 is 0 Å². The predicted molar refractivity (Wildman–Crippen MR) is 71.7 cm³/mol. The third-order valence-corrected chi connectivity index (χ3v) is 3.30. The molecular formula is C11H13Br2NO2. The minimum atomic E-state index is -0.216. The lowest BCUT2D eigenvalue weighted by Gasteiger charge is -2.11. The van der Waals surface area contributed by atoms with Crippen molar-refractivity contribution in [1.29, 1.82) is 0 Å². The molecule has 0 unspecified atom stereocenters. The molecule has 0 saturated heterocycles. The van der Waals surface area contributed by atoms with E-state index in [9.17, 15) is 4.79 Å². The van der Waals surface area contributed by atoms with Crippen LogP contribution in [0.25, 0.3) is 0 Å². The van der Waals surface area contributed by atoms with Crippen molar-refractivity contribution in [2.75, 3.05) is 19.0 Å². The van der Waals surface area contributed by atoms with Crippen molar-refractivity contribution < 1.29 is 9.53 Å². The minimum absolute atomic E-state index is 0.216. The highest BCUT2D eigenvalue weighted by Gasteiger charge is 2.06. The van der Waals surface area contributed by atoms with Crippen molar-refractivity contribution in [2.45, 2.75) is 13.3 Å². The number of anilines is 1. The fourth-order valence-electron chi connectivity index (χ4n) is 1.26. The van der Waals surface area contributed by atoms with Gasteiger partial charge in [0, 0.05) is 15.5 Å². The first-order chi connectivity index (χ1) is 7.54. The SMILES string of the molecule is COC(=O)CCNc1c(Br)cc(C)cc1Br. The molecule has 1 aromatic rings. The quantitative estimate of drug-likeness (QED) is 0.844. The Morgan fingerprint density at radius 1 is 1.38 bits per heavy atom. The fourth-order valence-corrected chi connectivity index (χ4v) is 2.96. The molecule has 1 N–H and O–H groups in total. The first kappa shape index (κ1) is 13.5. The maximum Gasteiger partial charge on any atom is 0.307 e. The number of hydrogen-bond acceptors (Lipinski definition) is 3. The standard InChI is InChI=1S/C11H13Br2NO2/c1-7-5-8(12)11(9(13)6-7)14-4-3-10(15)16-2/h5-6,14H,3-4H2,1-2H3. The van der Waals surface area contributed by atoms with Gasteiger partial charge in [0.15, 0.2) is 0 Å². The average molecular weight is 351 g/mol. The predicted octanol–water partition coefficient (Wildman–Crippen LogP) is 3.50. The van der Waals surface area contributed by atoms with E-state index in [1.54, 1.807) is 0 Å². The number of rotatable bonds is 4. The van der Waals surface area contributed by atoms with Crippen LogP contribution in [0, 0.1) is 6.92 Å². The van der Waals surface area contributed by atoms with Crippen molar-refractivity contribution in [2.24, 2.45) is 0 Å². The second-order valence-electron chi connectivity index (χ2n) is 3.36. The van der Waals surface area contributed by atoms with Crippen LogP contribution in [0.3, 0.4) is 0 Å². The maximum absolute atomic E-state index is 10.9. The molecule has 0 amide bonds. The van der Waals surface area contributed by atoms with Crippen LogP contribution in [0.4, 0.5) is 5.69 Å². The van der Waals surface area contributed by atoms with Gasteiger partial charge in [-0.25, -0.2) is 0 Å². The van der Waals surface area contributed by atoms with Crippen molar-refractivity contribution in [3.63, 3.8) is 0 Å². The Hall–Kier alpha value is -0.550. The van der Waals surface area contributed by atoms with Gasteiger partial charge in [-0.3, -0.25) is 4.79 Å². The van der Waals surface area contributed by atoms with Crippen molar-refractivity contribution in [3.05, 3.63) is 26.6 Å². The highest BCUT2D eigenvalue weighted by atomic mass is 79.9. The summed E-state index contributed by atoms with van der Waals surface area (Å²) in [6.45, 7) is 2.57. The molecule has 0 atom stereocenters. The second kappa shape index (κ2) is 6.25. The Labute approximate surface area is 112 Å². The summed E-state index contributed by atoms with van der Waals surface area (Å²) in [6.07, 6.45) is 0.350. The zero-order chi connectivity index (χ0) is 12.1. The molecule has 0 bridgehead atoms. The van der Waals surface area contributed by atoms with Crippen LogP contribution in [0.15, 0.2) is 21.1 Å². The Morgan fingerprint density at radius 2 is 1.94 bits per heavy atom. The molecule has 1 rings (SSSR count). The molecule has 0 heterocycles. The first-order valence-electron chi connectivity index (χ1n) is 4.81. The molecule has 88 valence electrons. The van der Waals surface area contributed by atoms with Crippen LogP contribution in [0.2, 0.25) is 0 Å². The summed E-state index contributed by atoms with van der Waals surface area (Å²) >= 11 is 6.95. The molecule has 5 heteroatoms. The molecule has 0 saturated carbocycles. The molecule has 0 aliphatic heterocycles. The van der Waals surface area contributed by atoms with Gasteiger partial charge in [0.1, 0.15) is 0 Å². The zero-order valence-corrected chi connectivity index (χ0v) is 12.3. The number of ether oxygens (including phenoxy) is 1. The second-order valence-corrected chi connectivity index (χ2v) is 5.07. The van der Waals surface area contributed by atoms with Crippen molar-refractivity contribution in [1.82, 2.24) is 0 Å². The lowest BCUT2D eigenvalue weighted by molar-refractivity contribution is -0.140. The largest absolute Gasteiger partial charge is 0.469 e. The summed E-state index contributed by atoms with van der Waals surface area (Å²) in [5.74, 6) is -0.216. The average Bonchev–Trinajstić information content (AvgIpc) is 2.21. The van der Waals surface area contributed by atoms with E-state index in [-0.39, 0.29) is 5.97 Å². The Kier molecular flexibility index (Phi) is 5.28. The highest BCUT2D eigenvalue weighted by Crippen LogP contribution is 2.32. The van der Waals surface area contributed by atoms with E-state index in [0.29, 0.717) is 13.0 Å². The van der Waals surface area contributed by atoms with Gasteiger partial charge in [0.25, 0.3) is 0 Å². The number of benzene rings is 1. The smallest absolute Gasteiger partial charge is 0.307 e. The van der Waals surface area contributed by atoms with Crippen LogP contribution in [-0.4, -0.2) is 19.6 Å². The lowest BCUT2D eigenvalue weighted by Crippen LogP contribution is -2.10. The first-order valence-corrected chi connectivity index (χ1v) is 6.39. The molecule has 0 spiro atoms. The fraction of sp³-hybridized carbons (Fsp3) is 0.364. The van der Waals surface area contributed by atoms with Crippen LogP contribution in [-0.2, 0) is 9.53 Å². The maximum atomic E-state index is 10.9. The van der Waals surface area contributed by atoms with E-state index in [1.165, 1.54) is 7.11 Å². The molecular weight excluding hydrogens is 338 g/mol. The van der Waals surface area contributed by atoms with Gasteiger partial charge < -0.3 is 10.1 Å². The Balaban J connectivity index is 2.64. The van der Waals surface area contributed by atoms with Gasteiger partial charge in [0.2, 0.25) is 0 Å². The van der Waals surface area contributed by atoms with E-state index in [1.807, 2.05) is 19.1 Å². The van der Waals surface area contributed by atoms with E-state index in [2.05, 4.69) is 41.9 Å². The monoisotopic (exact) mass is 349 g/mol. The number of carbonyl (C=O) groups excluding carboxylic acids is 1. The summed E-state index contributed by atoms with van der Waals surface area (Å²) in [5, 5.41) is 3.18. The van der Waals surface area contributed by atoms with Gasteiger partial charge in [-0.2, -0.15) is 0 Å². The molecule has 1 aromatic carbocycles. The highest BCUT2D eigenvalue weighted by molar-refractivity contribution is 9.11. The van der Waals surface area contributed by atoms with Gasteiger partial charge in [-0.15, -0.1) is 0 Å². The molecule has 0 aliphatic rings. The van der Waals surface area contributed by atoms with Crippen molar-refractivity contribution in [3.8, 4) is 0 Å². The Bertz CT molecular complexity index is 371. The number of aryl methyl sites for hydroxylation is 1. The lowest BCUT2D eigenvalue weighted by atomic mass is 10.2.